The first-order valence-corrected chi connectivity index (χ1v) is 9.56. The van der Waals surface area contributed by atoms with Crippen molar-refractivity contribution in [1.82, 2.24) is 15.2 Å². The molecule has 0 saturated carbocycles. The Morgan fingerprint density at radius 3 is 2.38 bits per heavy atom. The van der Waals surface area contributed by atoms with Gasteiger partial charge in [-0.05, 0) is 39.5 Å². The summed E-state index contributed by atoms with van der Waals surface area (Å²) in [5.74, 6) is 0.394. The van der Waals surface area contributed by atoms with E-state index >= 15 is 0 Å². The van der Waals surface area contributed by atoms with Gasteiger partial charge >= 0.3 is 6.03 Å². The highest BCUT2D eigenvalue weighted by atomic mass is 32.1. The quantitative estimate of drug-likeness (QED) is 0.854. The molecule has 6 nitrogen and oxygen atoms in total. The third kappa shape index (κ3) is 4.69. The van der Waals surface area contributed by atoms with E-state index in [9.17, 15) is 9.59 Å². The number of rotatable bonds is 5. The molecule has 0 spiro atoms. The van der Waals surface area contributed by atoms with Gasteiger partial charge in [0.25, 0.3) is 0 Å². The minimum atomic E-state index is -0.214. The molecule has 1 aromatic rings. The second kappa shape index (κ2) is 8.46. The van der Waals surface area contributed by atoms with Crippen LogP contribution in [0.4, 0.5) is 9.93 Å². The number of hydrogen-bond donors (Lipinski definition) is 2. The standard InChI is InChI=1S/C17H28N4O2S/c1-5-13(6-2)15(22)21-9-7-14(8-10-21)19-16(23)20-17-18-11(3)12(4)24-17/h13-14H,5-10H2,1-4H3,(H2,18,19,20,23). The number of thiazole rings is 1. The zero-order valence-electron chi connectivity index (χ0n) is 15.0. The van der Waals surface area contributed by atoms with Crippen molar-refractivity contribution >= 4 is 28.4 Å². The molecule has 1 aromatic heterocycles. The Kier molecular flexibility index (Phi) is 6.60. The summed E-state index contributed by atoms with van der Waals surface area (Å²) in [6.45, 7) is 9.48. The fourth-order valence-corrected chi connectivity index (χ4v) is 3.79. The molecule has 0 bridgehead atoms. The van der Waals surface area contributed by atoms with Crippen LogP contribution in [0.2, 0.25) is 0 Å². The molecule has 3 amide bonds. The maximum Gasteiger partial charge on any atom is 0.321 e. The van der Waals surface area contributed by atoms with Crippen molar-refractivity contribution in [2.75, 3.05) is 18.4 Å². The zero-order chi connectivity index (χ0) is 17.7. The van der Waals surface area contributed by atoms with Gasteiger partial charge in [0, 0.05) is 29.9 Å². The van der Waals surface area contributed by atoms with Crippen LogP contribution in [0.5, 0.6) is 0 Å². The van der Waals surface area contributed by atoms with Gasteiger partial charge in [0.05, 0.1) is 5.69 Å². The van der Waals surface area contributed by atoms with Gasteiger partial charge in [-0.25, -0.2) is 9.78 Å². The molecule has 7 heteroatoms. The van der Waals surface area contributed by atoms with Crippen LogP contribution in [0.3, 0.4) is 0 Å². The highest BCUT2D eigenvalue weighted by Gasteiger charge is 2.27. The Hall–Kier alpha value is -1.63. The summed E-state index contributed by atoms with van der Waals surface area (Å²) in [7, 11) is 0. The highest BCUT2D eigenvalue weighted by Crippen LogP contribution is 2.21. The maximum absolute atomic E-state index is 12.4. The first-order valence-electron chi connectivity index (χ1n) is 8.74. The van der Waals surface area contributed by atoms with Crippen LogP contribution in [-0.4, -0.2) is 41.0 Å². The number of piperidine rings is 1. The fraction of sp³-hybridized carbons (Fsp3) is 0.706. The molecule has 2 heterocycles. The number of aromatic nitrogens is 1. The number of hydrogen-bond acceptors (Lipinski definition) is 4. The topological polar surface area (TPSA) is 74.3 Å². The van der Waals surface area contributed by atoms with Crippen LogP contribution < -0.4 is 10.6 Å². The van der Waals surface area contributed by atoms with Crippen LogP contribution in [0.1, 0.15) is 50.1 Å². The SMILES string of the molecule is CCC(CC)C(=O)N1CCC(NC(=O)Nc2nc(C)c(C)s2)CC1. The van der Waals surface area contributed by atoms with Gasteiger partial charge in [-0.1, -0.05) is 13.8 Å². The van der Waals surface area contributed by atoms with E-state index in [4.69, 9.17) is 0 Å². The summed E-state index contributed by atoms with van der Waals surface area (Å²) in [5, 5.41) is 6.42. The van der Waals surface area contributed by atoms with Gasteiger partial charge in [-0.15, -0.1) is 11.3 Å². The van der Waals surface area contributed by atoms with Gasteiger partial charge in [0.2, 0.25) is 5.91 Å². The number of carbonyl (C=O) groups excluding carboxylic acids is 2. The first kappa shape index (κ1) is 18.7. The number of nitrogens with one attached hydrogen (secondary N) is 2. The lowest BCUT2D eigenvalue weighted by molar-refractivity contribution is -0.136. The molecular formula is C17H28N4O2S. The lowest BCUT2D eigenvalue weighted by atomic mass is 9.98. The second-order valence-corrected chi connectivity index (χ2v) is 7.58. The average molecular weight is 353 g/mol. The largest absolute Gasteiger partial charge is 0.342 e. The predicted molar refractivity (Wildman–Crippen MR) is 97.4 cm³/mol. The van der Waals surface area contributed by atoms with Crippen molar-refractivity contribution in [3.63, 3.8) is 0 Å². The minimum Gasteiger partial charge on any atom is -0.342 e. The molecule has 134 valence electrons. The van der Waals surface area contributed by atoms with E-state index < -0.39 is 0 Å². The number of aryl methyl sites for hydroxylation is 2. The molecule has 1 saturated heterocycles. The predicted octanol–water partition coefficient (Wildman–Crippen LogP) is 3.31. The van der Waals surface area contributed by atoms with E-state index in [1.54, 1.807) is 0 Å². The third-order valence-corrected chi connectivity index (χ3v) is 5.71. The van der Waals surface area contributed by atoms with Gasteiger partial charge in [0.15, 0.2) is 5.13 Å². The monoisotopic (exact) mass is 352 g/mol. The van der Waals surface area contributed by atoms with E-state index in [0.29, 0.717) is 5.13 Å². The van der Waals surface area contributed by atoms with Gasteiger partial charge < -0.3 is 10.2 Å². The van der Waals surface area contributed by atoms with Crippen LogP contribution in [0, 0.1) is 19.8 Å². The lowest BCUT2D eigenvalue weighted by Crippen LogP contribution is -2.48. The molecule has 2 rings (SSSR count). The van der Waals surface area contributed by atoms with Crippen LogP contribution in [0.25, 0.3) is 0 Å². The molecule has 24 heavy (non-hydrogen) atoms. The maximum atomic E-state index is 12.4. The number of carbonyl (C=O) groups is 2. The summed E-state index contributed by atoms with van der Waals surface area (Å²) < 4.78 is 0. The van der Waals surface area contributed by atoms with Gasteiger partial charge in [-0.2, -0.15) is 0 Å². The molecule has 1 aliphatic heterocycles. The Balaban J connectivity index is 1.78. The molecule has 0 aromatic carbocycles. The van der Waals surface area contributed by atoms with Crippen LogP contribution in [0.15, 0.2) is 0 Å². The van der Waals surface area contributed by atoms with E-state index in [1.807, 2.05) is 18.7 Å². The van der Waals surface area contributed by atoms with E-state index in [-0.39, 0.29) is 23.9 Å². The van der Waals surface area contributed by atoms with Gasteiger partial charge in [0.1, 0.15) is 0 Å². The van der Waals surface area contributed by atoms with Gasteiger partial charge in [-0.3, -0.25) is 10.1 Å². The van der Waals surface area contributed by atoms with Crippen molar-refractivity contribution < 1.29 is 9.59 Å². The van der Waals surface area contributed by atoms with E-state index in [1.165, 1.54) is 11.3 Å². The minimum absolute atomic E-state index is 0.109. The molecule has 0 unspecified atom stereocenters. The van der Waals surface area contributed by atoms with Crippen LogP contribution >= 0.6 is 11.3 Å². The number of likely N-dealkylation sites (tertiary alicyclic amines) is 1. The molecule has 1 fully saturated rings. The summed E-state index contributed by atoms with van der Waals surface area (Å²) in [6, 6.07) is -0.105. The molecule has 1 aliphatic rings. The van der Waals surface area contributed by atoms with Crippen molar-refractivity contribution in [3.05, 3.63) is 10.6 Å². The lowest BCUT2D eigenvalue weighted by Gasteiger charge is -2.34. The molecule has 0 aliphatic carbocycles. The Morgan fingerprint density at radius 2 is 1.88 bits per heavy atom. The molecular weight excluding hydrogens is 324 g/mol. The number of amides is 3. The zero-order valence-corrected chi connectivity index (χ0v) is 15.8. The van der Waals surface area contributed by atoms with E-state index in [0.717, 1.165) is 49.3 Å². The number of urea groups is 1. The highest BCUT2D eigenvalue weighted by molar-refractivity contribution is 7.15. The van der Waals surface area contributed by atoms with Crippen molar-refractivity contribution in [2.45, 2.75) is 59.4 Å². The normalized spacial score (nSPS) is 15.6. The number of nitrogens with zero attached hydrogens (tertiary/aromatic N) is 2. The third-order valence-electron chi connectivity index (χ3n) is 4.73. The Bertz CT molecular complexity index is 556. The number of anilines is 1. The summed E-state index contributed by atoms with van der Waals surface area (Å²) in [4.78, 5) is 31.8. The second-order valence-electron chi connectivity index (χ2n) is 6.37. The smallest absolute Gasteiger partial charge is 0.321 e. The average Bonchev–Trinajstić information content (AvgIpc) is 2.86. The fourth-order valence-electron chi connectivity index (χ4n) is 2.99. The molecule has 0 radical (unpaired) electrons. The van der Waals surface area contributed by atoms with Crippen molar-refractivity contribution in [3.8, 4) is 0 Å². The summed E-state index contributed by atoms with van der Waals surface area (Å²) in [5.41, 5.74) is 0.948. The van der Waals surface area contributed by atoms with E-state index in [2.05, 4.69) is 29.5 Å². The summed E-state index contributed by atoms with van der Waals surface area (Å²) in [6.07, 6.45) is 3.38. The molecule has 0 atom stereocenters. The van der Waals surface area contributed by atoms with Crippen LogP contribution in [-0.2, 0) is 4.79 Å². The molecule has 2 N–H and O–H groups in total. The first-order chi connectivity index (χ1) is 11.4. The van der Waals surface area contributed by atoms with Crippen molar-refractivity contribution in [2.24, 2.45) is 5.92 Å². The Labute approximate surface area is 148 Å². The summed E-state index contributed by atoms with van der Waals surface area (Å²) >= 11 is 1.48. The van der Waals surface area contributed by atoms with Crippen molar-refractivity contribution in [1.29, 1.82) is 0 Å². The Morgan fingerprint density at radius 1 is 1.25 bits per heavy atom.